The third-order valence-corrected chi connectivity index (χ3v) is 5.55. The number of carboxylic acid groups (broad SMARTS) is 1. The number of hydrogen-bond donors (Lipinski definition) is 1. The molecule has 1 aromatic heterocycles. The zero-order valence-electron chi connectivity index (χ0n) is 14.4. The van der Waals surface area contributed by atoms with Gasteiger partial charge in [0.2, 0.25) is 0 Å². The summed E-state index contributed by atoms with van der Waals surface area (Å²) >= 11 is 0. The van der Waals surface area contributed by atoms with E-state index in [2.05, 4.69) is 5.10 Å². The van der Waals surface area contributed by atoms with E-state index in [9.17, 15) is 27.9 Å². The Bertz CT molecular complexity index is 939. The molecule has 0 amide bonds. The molecule has 0 bridgehead atoms. The fraction of sp³-hybridized carbons (Fsp3) is 0.500. The smallest absolute Gasteiger partial charge is 0.416 e. The minimum absolute atomic E-state index is 0.240. The monoisotopic (exact) mass is 381 g/mol. The second-order valence-electron chi connectivity index (χ2n) is 7.33. The molecule has 0 radical (unpaired) electrons. The summed E-state index contributed by atoms with van der Waals surface area (Å²) in [7, 11) is 0. The molecule has 1 N–H and O–H groups in total. The van der Waals surface area contributed by atoms with Gasteiger partial charge in [0.05, 0.1) is 12.1 Å². The van der Waals surface area contributed by atoms with E-state index < -0.39 is 34.9 Å². The molecule has 1 fully saturated rings. The molecule has 1 atom stereocenters. The van der Waals surface area contributed by atoms with Gasteiger partial charge in [0, 0.05) is 11.8 Å². The predicted molar refractivity (Wildman–Crippen MR) is 88.5 cm³/mol. The second-order valence-corrected chi connectivity index (χ2v) is 7.33. The number of alkyl halides is 3. The fourth-order valence-corrected chi connectivity index (χ4v) is 3.86. The number of carbonyl (C=O) groups is 1. The van der Waals surface area contributed by atoms with E-state index >= 15 is 0 Å². The van der Waals surface area contributed by atoms with Crippen molar-refractivity contribution in [3.05, 3.63) is 51.7 Å². The van der Waals surface area contributed by atoms with Crippen LogP contribution in [-0.2, 0) is 29.4 Å². The molecule has 2 heterocycles. The van der Waals surface area contributed by atoms with Crippen LogP contribution in [0.4, 0.5) is 13.2 Å². The van der Waals surface area contributed by atoms with Crippen LogP contribution in [0.15, 0.2) is 29.1 Å². The van der Waals surface area contributed by atoms with Gasteiger partial charge in [0.25, 0.3) is 0 Å². The van der Waals surface area contributed by atoms with Crippen LogP contribution >= 0.6 is 0 Å². The standard InChI is InChI=1S/C18H18F3N3O3/c19-18(20,21)12-6-4-11(5-7-12)17(8-9-17)10-23-16(27)24-13(15(25)26)2-1-3-14(24)22-23/h4-7,13H,1-3,8-10H2,(H,25,26)/t13-/m0/s1. The van der Waals surface area contributed by atoms with E-state index in [4.69, 9.17) is 0 Å². The molecular formula is C18H18F3N3O3. The Morgan fingerprint density at radius 1 is 1.26 bits per heavy atom. The lowest BCUT2D eigenvalue weighted by Crippen LogP contribution is -2.35. The summed E-state index contributed by atoms with van der Waals surface area (Å²) in [5.41, 5.74) is -0.851. The number of carboxylic acids is 1. The van der Waals surface area contributed by atoms with Crippen molar-refractivity contribution in [1.29, 1.82) is 0 Å². The van der Waals surface area contributed by atoms with Crippen LogP contribution in [0.25, 0.3) is 0 Å². The molecule has 1 aromatic carbocycles. The number of aryl methyl sites for hydroxylation is 1. The van der Waals surface area contributed by atoms with Gasteiger partial charge in [-0.2, -0.15) is 18.3 Å². The number of aromatic nitrogens is 3. The van der Waals surface area contributed by atoms with Crippen LogP contribution in [0.3, 0.4) is 0 Å². The van der Waals surface area contributed by atoms with Gasteiger partial charge < -0.3 is 5.11 Å². The zero-order chi connectivity index (χ0) is 19.4. The number of rotatable bonds is 4. The first-order valence-electron chi connectivity index (χ1n) is 8.80. The van der Waals surface area contributed by atoms with Gasteiger partial charge in [-0.25, -0.2) is 14.3 Å². The third kappa shape index (κ3) is 3.04. The van der Waals surface area contributed by atoms with Crippen molar-refractivity contribution < 1.29 is 23.1 Å². The molecule has 1 aliphatic carbocycles. The SMILES string of the molecule is O=C(O)[C@@H]1CCCc2nn(CC3(c4ccc(C(F)(F)F)cc4)CC3)c(=O)n21. The van der Waals surface area contributed by atoms with Gasteiger partial charge in [0.15, 0.2) is 0 Å². The largest absolute Gasteiger partial charge is 0.480 e. The lowest BCUT2D eigenvalue weighted by molar-refractivity contribution is -0.141. The first-order valence-corrected chi connectivity index (χ1v) is 8.80. The summed E-state index contributed by atoms with van der Waals surface area (Å²) in [6.07, 6.45) is -1.32. The highest BCUT2D eigenvalue weighted by Gasteiger charge is 2.46. The van der Waals surface area contributed by atoms with Crippen molar-refractivity contribution in [2.24, 2.45) is 0 Å². The zero-order valence-corrected chi connectivity index (χ0v) is 14.4. The van der Waals surface area contributed by atoms with E-state index in [1.54, 1.807) is 0 Å². The summed E-state index contributed by atoms with van der Waals surface area (Å²) in [4.78, 5) is 24.1. The van der Waals surface area contributed by atoms with E-state index in [1.165, 1.54) is 21.4 Å². The fourth-order valence-electron chi connectivity index (χ4n) is 3.86. The number of hydrogen-bond acceptors (Lipinski definition) is 3. The molecule has 0 saturated heterocycles. The minimum Gasteiger partial charge on any atom is -0.480 e. The molecular weight excluding hydrogens is 363 g/mol. The summed E-state index contributed by atoms with van der Waals surface area (Å²) in [6, 6.07) is 4.11. The quantitative estimate of drug-likeness (QED) is 0.884. The van der Waals surface area contributed by atoms with Gasteiger partial charge in [-0.05, 0) is 43.4 Å². The first kappa shape index (κ1) is 17.8. The van der Waals surface area contributed by atoms with Crippen LogP contribution in [0, 0.1) is 0 Å². The van der Waals surface area contributed by atoms with Crippen LogP contribution in [0.5, 0.6) is 0 Å². The number of aliphatic carboxylic acids is 1. The Morgan fingerprint density at radius 3 is 2.48 bits per heavy atom. The number of fused-ring (bicyclic) bond motifs is 1. The molecule has 27 heavy (non-hydrogen) atoms. The lowest BCUT2D eigenvalue weighted by Gasteiger charge is -2.19. The summed E-state index contributed by atoms with van der Waals surface area (Å²) in [6.45, 7) is 0.240. The van der Waals surface area contributed by atoms with Crippen molar-refractivity contribution in [3.8, 4) is 0 Å². The average Bonchev–Trinajstić information content (AvgIpc) is 3.33. The van der Waals surface area contributed by atoms with Gasteiger partial charge in [-0.1, -0.05) is 12.1 Å². The molecule has 9 heteroatoms. The van der Waals surface area contributed by atoms with Gasteiger partial charge in [0.1, 0.15) is 11.9 Å². The maximum Gasteiger partial charge on any atom is 0.416 e. The molecule has 4 rings (SSSR count). The summed E-state index contributed by atoms with van der Waals surface area (Å²) < 4.78 is 40.8. The number of benzene rings is 1. The number of halogens is 3. The van der Waals surface area contributed by atoms with E-state index in [0.717, 1.165) is 30.5 Å². The Kier molecular flexibility index (Phi) is 3.94. The Morgan fingerprint density at radius 2 is 1.93 bits per heavy atom. The molecule has 2 aliphatic rings. The topological polar surface area (TPSA) is 77.1 Å². The molecule has 144 valence electrons. The van der Waals surface area contributed by atoms with E-state index in [-0.39, 0.29) is 6.54 Å². The van der Waals surface area contributed by atoms with Gasteiger partial charge in [-0.3, -0.25) is 4.57 Å². The normalized spacial score (nSPS) is 20.9. The highest BCUT2D eigenvalue weighted by Crippen LogP contribution is 2.49. The maximum atomic E-state index is 12.8. The van der Waals surface area contributed by atoms with Crippen molar-refractivity contribution in [3.63, 3.8) is 0 Å². The predicted octanol–water partition coefficient (Wildman–Crippen LogP) is 2.76. The lowest BCUT2D eigenvalue weighted by atomic mass is 9.95. The Labute approximate surface area is 152 Å². The maximum absolute atomic E-state index is 12.8. The molecule has 1 saturated carbocycles. The summed E-state index contributed by atoms with van der Waals surface area (Å²) in [5, 5.41) is 13.7. The van der Waals surface area contributed by atoms with Crippen LogP contribution in [-0.4, -0.2) is 25.4 Å². The molecule has 2 aromatic rings. The van der Waals surface area contributed by atoms with Crippen LogP contribution < -0.4 is 5.69 Å². The van der Waals surface area contributed by atoms with Crippen LogP contribution in [0.1, 0.15) is 48.7 Å². The molecule has 6 nitrogen and oxygen atoms in total. The average molecular weight is 381 g/mol. The van der Waals surface area contributed by atoms with Crippen molar-refractivity contribution in [1.82, 2.24) is 14.3 Å². The van der Waals surface area contributed by atoms with Crippen molar-refractivity contribution in [2.75, 3.05) is 0 Å². The molecule has 1 aliphatic heterocycles. The van der Waals surface area contributed by atoms with Crippen molar-refractivity contribution in [2.45, 2.75) is 56.3 Å². The number of nitrogens with zero attached hydrogens (tertiary/aromatic N) is 3. The minimum atomic E-state index is -4.39. The van der Waals surface area contributed by atoms with Crippen LogP contribution in [0.2, 0.25) is 0 Å². The molecule has 0 unspecified atom stereocenters. The summed E-state index contributed by atoms with van der Waals surface area (Å²) in [5.74, 6) is -0.594. The Balaban J connectivity index is 1.63. The Hall–Kier alpha value is -2.58. The molecule has 0 spiro atoms. The highest BCUT2D eigenvalue weighted by molar-refractivity contribution is 5.72. The van der Waals surface area contributed by atoms with E-state index in [0.29, 0.717) is 25.1 Å². The van der Waals surface area contributed by atoms with Crippen molar-refractivity contribution >= 4 is 5.97 Å². The second kappa shape index (κ2) is 5.97. The van der Waals surface area contributed by atoms with Gasteiger partial charge >= 0.3 is 17.8 Å². The van der Waals surface area contributed by atoms with E-state index in [1.807, 2.05) is 0 Å². The first-order chi connectivity index (χ1) is 12.7. The third-order valence-electron chi connectivity index (χ3n) is 5.55. The highest BCUT2D eigenvalue weighted by atomic mass is 19.4. The van der Waals surface area contributed by atoms with Gasteiger partial charge in [-0.15, -0.1) is 0 Å².